The lowest BCUT2D eigenvalue weighted by Crippen LogP contribution is -2.40. The molecule has 5 aromatic rings. The second kappa shape index (κ2) is 7.46. The van der Waals surface area contributed by atoms with E-state index >= 15 is 0 Å². The summed E-state index contributed by atoms with van der Waals surface area (Å²) in [4.78, 5) is 10.0. The van der Waals surface area contributed by atoms with Crippen molar-refractivity contribution in [3.05, 3.63) is 89.1 Å². The second-order valence-corrected chi connectivity index (χ2v) is 16.1. The van der Waals surface area contributed by atoms with Crippen molar-refractivity contribution in [3.8, 4) is 11.3 Å². The van der Waals surface area contributed by atoms with Crippen LogP contribution in [0.1, 0.15) is 36.9 Å². The highest BCUT2D eigenvalue weighted by atomic mass is 32.1. The largest absolute Gasteiger partial charge is 0.255 e. The minimum absolute atomic E-state index is 0.0401. The Labute approximate surface area is 206 Å². The third-order valence-electron chi connectivity index (χ3n) is 7.09. The van der Waals surface area contributed by atoms with Crippen LogP contribution in [0, 0.1) is 0 Å². The van der Waals surface area contributed by atoms with Crippen LogP contribution in [-0.4, -0.2) is 18.0 Å². The second-order valence-electron chi connectivity index (χ2n) is 10.8. The summed E-state index contributed by atoms with van der Waals surface area (Å²) in [6.45, 7) is 11.7. The van der Waals surface area contributed by atoms with Gasteiger partial charge in [-0.2, -0.15) is 0 Å². The number of thiazole rings is 1. The van der Waals surface area contributed by atoms with Gasteiger partial charge in [0.15, 0.2) is 0 Å². The Kier molecular flexibility index (Phi) is 4.71. The first kappa shape index (κ1) is 21.5. The van der Waals surface area contributed by atoms with Gasteiger partial charge in [-0.25, -0.2) is 4.98 Å². The lowest BCUT2D eigenvalue weighted by atomic mass is 9.82. The number of nitrogens with zero attached hydrogens (tertiary/aromatic N) is 2. The van der Waals surface area contributed by atoms with Crippen LogP contribution in [0.25, 0.3) is 43.5 Å². The fraction of sp³-hybridized carbons (Fsp3) is 0.200. The van der Waals surface area contributed by atoms with E-state index in [4.69, 9.17) is 9.97 Å². The van der Waals surface area contributed by atoms with Gasteiger partial charge in [-0.05, 0) is 55.9 Å². The maximum absolute atomic E-state index is 5.14. The Morgan fingerprint density at radius 1 is 0.882 bits per heavy atom. The number of hydrogen-bond acceptors (Lipinski definition) is 3. The van der Waals surface area contributed by atoms with E-state index < -0.39 is 8.07 Å². The molecule has 4 heteroatoms. The van der Waals surface area contributed by atoms with E-state index in [-0.39, 0.29) is 5.41 Å². The molecule has 3 aromatic carbocycles. The van der Waals surface area contributed by atoms with Crippen LogP contribution in [-0.2, 0) is 5.41 Å². The molecule has 2 nitrogen and oxygen atoms in total. The molecule has 0 radical (unpaired) electrons. The summed E-state index contributed by atoms with van der Waals surface area (Å²) in [6, 6.07) is 24.2. The molecule has 3 heterocycles. The van der Waals surface area contributed by atoms with Gasteiger partial charge < -0.3 is 0 Å². The Balaban J connectivity index is 1.55. The van der Waals surface area contributed by atoms with Crippen molar-refractivity contribution in [2.75, 3.05) is 0 Å². The lowest BCUT2D eigenvalue weighted by molar-refractivity contribution is 0.596. The molecule has 2 aromatic heterocycles. The van der Waals surface area contributed by atoms with Gasteiger partial charge >= 0.3 is 0 Å². The molecule has 0 spiro atoms. The highest BCUT2D eigenvalue weighted by Gasteiger charge is 2.37. The fourth-order valence-corrected chi connectivity index (χ4v) is 9.94. The van der Waals surface area contributed by atoms with Crippen LogP contribution in [0.15, 0.2) is 72.9 Å². The van der Waals surface area contributed by atoms with Crippen molar-refractivity contribution in [2.45, 2.75) is 39.3 Å². The van der Waals surface area contributed by atoms with Crippen molar-refractivity contribution >= 4 is 56.9 Å². The molecule has 0 saturated heterocycles. The van der Waals surface area contributed by atoms with Crippen LogP contribution >= 0.6 is 11.3 Å². The molecule has 1 aliphatic heterocycles. The number of fused-ring (bicyclic) bond motifs is 3. The van der Waals surface area contributed by atoms with E-state index in [0.29, 0.717) is 0 Å². The lowest BCUT2D eigenvalue weighted by Gasteiger charge is -2.22. The minimum atomic E-state index is -1.77. The number of pyridine rings is 1. The maximum atomic E-state index is 5.14. The van der Waals surface area contributed by atoms with Gasteiger partial charge in [0.25, 0.3) is 0 Å². The zero-order chi connectivity index (χ0) is 23.7. The number of benzene rings is 3. The van der Waals surface area contributed by atoms with Gasteiger partial charge in [0.05, 0.1) is 15.9 Å². The highest BCUT2D eigenvalue weighted by molar-refractivity contribution is 7.23. The molecule has 168 valence electrons. The topological polar surface area (TPSA) is 25.8 Å². The van der Waals surface area contributed by atoms with Gasteiger partial charge in [-0.3, -0.25) is 4.98 Å². The van der Waals surface area contributed by atoms with E-state index in [0.717, 1.165) is 16.2 Å². The van der Waals surface area contributed by atoms with Gasteiger partial charge in [-0.1, -0.05) is 88.5 Å². The van der Waals surface area contributed by atoms with Crippen LogP contribution < -0.4 is 5.19 Å². The molecule has 0 unspecified atom stereocenters. The van der Waals surface area contributed by atoms with Crippen LogP contribution in [0.4, 0.5) is 0 Å². The normalized spacial score (nSPS) is 15.0. The first-order valence-electron chi connectivity index (χ1n) is 11.8. The van der Waals surface area contributed by atoms with Crippen molar-refractivity contribution in [1.82, 2.24) is 9.97 Å². The van der Waals surface area contributed by atoms with Gasteiger partial charge in [0, 0.05) is 11.8 Å². The summed E-state index contributed by atoms with van der Waals surface area (Å²) in [7, 11) is -1.77. The van der Waals surface area contributed by atoms with Gasteiger partial charge in [0.1, 0.15) is 13.1 Å². The molecule has 0 aliphatic carbocycles. The zero-order valence-electron chi connectivity index (χ0n) is 20.3. The van der Waals surface area contributed by atoms with E-state index in [1.54, 1.807) is 11.3 Å². The molecule has 0 N–H and O–H groups in total. The Bertz CT molecular complexity index is 1620. The Hall–Kier alpha value is -3.08. The average molecular weight is 477 g/mol. The molecule has 0 atom stereocenters. The first-order valence-corrected chi connectivity index (χ1v) is 15.7. The smallest absolute Gasteiger partial charge is 0.117 e. The molecule has 0 amide bonds. The fourth-order valence-electron chi connectivity index (χ4n) is 5.25. The van der Waals surface area contributed by atoms with Crippen molar-refractivity contribution in [3.63, 3.8) is 0 Å². The predicted octanol–water partition coefficient (Wildman–Crippen LogP) is 7.82. The van der Waals surface area contributed by atoms with Crippen molar-refractivity contribution < 1.29 is 0 Å². The van der Waals surface area contributed by atoms with Crippen LogP contribution in [0.3, 0.4) is 0 Å². The summed E-state index contributed by atoms with van der Waals surface area (Å²) < 4.78 is 1.18. The standard InChI is InChI=1S/C30H28N2SSi/c1-30(2,3)23-17-21(16-19-10-6-8-12-22(19)23)27-28-24(14-15-31-27)32-29(33-28)26-18-20-11-7-9-13-25(20)34(26,4)5/h6-18H,1-5H3. The van der Waals surface area contributed by atoms with E-state index in [1.165, 1.54) is 42.5 Å². The summed E-state index contributed by atoms with van der Waals surface area (Å²) in [5.41, 5.74) is 6.00. The third kappa shape index (κ3) is 3.28. The molecule has 6 rings (SSSR count). The zero-order valence-corrected chi connectivity index (χ0v) is 22.1. The molecular weight excluding hydrogens is 448 g/mol. The Morgan fingerprint density at radius 3 is 2.44 bits per heavy atom. The van der Waals surface area contributed by atoms with Crippen LogP contribution in [0.2, 0.25) is 13.1 Å². The molecule has 1 aliphatic rings. The molecule has 0 saturated carbocycles. The third-order valence-corrected chi connectivity index (χ3v) is 11.9. The predicted molar refractivity (Wildman–Crippen MR) is 150 cm³/mol. The monoisotopic (exact) mass is 476 g/mol. The number of rotatable bonds is 2. The van der Waals surface area contributed by atoms with Crippen molar-refractivity contribution in [1.29, 1.82) is 0 Å². The summed E-state index contributed by atoms with van der Waals surface area (Å²) in [5, 5.41) is 6.66. The van der Waals surface area contributed by atoms with Crippen LogP contribution in [0.5, 0.6) is 0 Å². The number of aromatic nitrogens is 2. The highest BCUT2D eigenvalue weighted by Crippen LogP contribution is 2.41. The molecule has 0 bridgehead atoms. The SMILES string of the molecule is CC(C)(C)c1cc(-c2nccc3nc(C4=Cc5ccccc5[Si]4(C)C)sc23)cc2ccccc12. The molecule has 0 fully saturated rings. The quantitative estimate of drug-likeness (QED) is 0.243. The summed E-state index contributed by atoms with van der Waals surface area (Å²) in [5.74, 6) is 0. The van der Waals surface area contributed by atoms with Gasteiger partial charge in [0.2, 0.25) is 0 Å². The van der Waals surface area contributed by atoms with E-state index in [9.17, 15) is 0 Å². The summed E-state index contributed by atoms with van der Waals surface area (Å²) >= 11 is 1.80. The average Bonchev–Trinajstić information content (AvgIpc) is 3.36. The molecule has 34 heavy (non-hydrogen) atoms. The minimum Gasteiger partial charge on any atom is -0.255 e. The molecular formula is C30H28N2SSi. The summed E-state index contributed by atoms with van der Waals surface area (Å²) in [6.07, 6.45) is 4.29. The Morgan fingerprint density at radius 2 is 1.65 bits per heavy atom. The number of hydrogen-bond donors (Lipinski definition) is 0. The van der Waals surface area contributed by atoms with E-state index in [2.05, 4.69) is 107 Å². The van der Waals surface area contributed by atoms with Crippen molar-refractivity contribution in [2.24, 2.45) is 0 Å². The maximum Gasteiger partial charge on any atom is 0.117 e. The first-order chi connectivity index (χ1) is 16.2. The van der Waals surface area contributed by atoms with Gasteiger partial charge in [-0.15, -0.1) is 11.3 Å². The van der Waals surface area contributed by atoms with E-state index in [1.807, 2.05) is 6.20 Å².